The molecule has 0 spiro atoms. The summed E-state index contributed by atoms with van der Waals surface area (Å²) in [5.41, 5.74) is 0.608. The molecule has 2 heterocycles. The summed E-state index contributed by atoms with van der Waals surface area (Å²) in [6, 6.07) is 1.69. The van der Waals surface area contributed by atoms with Crippen molar-refractivity contribution < 1.29 is 8.42 Å². The molecular weight excluding hydrogens is 274 g/mol. The molecule has 2 rings (SSSR count). The molecule has 1 saturated heterocycles. The summed E-state index contributed by atoms with van der Waals surface area (Å²) in [5.74, 6) is 0.646. The Hall–Kier alpha value is -1.14. The average molecular weight is 297 g/mol. The summed E-state index contributed by atoms with van der Waals surface area (Å²) in [5, 5.41) is 2.93. The molecule has 0 radical (unpaired) electrons. The zero-order valence-electron chi connectivity index (χ0n) is 12.2. The standard InChI is InChI=1S/C14H23N3O2S/c1-3-12-5-4-9-17(10-7-12)20(18,19)14-11-16-8-6-13(14)15-2/h6,8,11-12H,3-5,7,9-10H2,1-2H3,(H,15,16). The first-order valence-electron chi connectivity index (χ1n) is 7.21. The van der Waals surface area contributed by atoms with Crippen LogP contribution < -0.4 is 5.32 Å². The maximum Gasteiger partial charge on any atom is 0.246 e. The minimum absolute atomic E-state index is 0.275. The lowest BCUT2D eigenvalue weighted by Gasteiger charge is -2.21. The van der Waals surface area contributed by atoms with Crippen LogP contribution in [-0.4, -0.2) is 37.8 Å². The van der Waals surface area contributed by atoms with Crippen LogP contribution in [0.15, 0.2) is 23.4 Å². The number of nitrogens with one attached hydrogen (secondary N) is 1. The lowest BCUT2D eigenvalue weighted by Crippen LogP contribution is -2.32. The summed E-state index contributed by atoms with van der Waals surface area (Å²) in [6.07, 6.45) is 7.17. The topological polar surface area (TPSA) is 62.3 Å². The van der Waals surface area contributed by atoms with Crippen molar-refractivity contribution in [2.75, 3.05) is 25.5 Å². The van der Waals surface area contributed by atoms with Gasteiger partial charge in [-0.1, -0.05) is 13.3 Å². The van der Waals surface area contributed by atoms with Crippen LogP contribution in [0.3, 0.4) is 0 Å². The van der Waals surface area contributed by atoms with E-state index in [0.29, 0.717) is 24.7 Å². The van der Waals surface area contributed by atoms with Crippen LogP contribution >= 0.6 is 0 Å². The molecule has 20 heavy (non-hydrogen) atoms. The number of pyridine rings is 1. The van der Waals surface area contributed by atoms with Crippen LogP contribution in [0.5, 0.6) is 0 Å². The van der Waals surface area contributed by atoms with Crippen LogP contribution in [0.4, 0.5) is 5.69 Å². The van der Waals surface area contributed by atoms with Crippen molar-refractivity contribution in [1.82, 2.24) is 9.29 Å². The van der Waals surface area contributed by atoms with Crippen molar-refractivity contribution >= 4 is 15.7 Å². The fourth-order valence-corrected chi connectivity index (χ4v) is 4.35. The van der Waals surface area contributed by atoms with Crippen LogP contribution in [0, 0.1) is 5.92 Å². The van der Waals surface area contributed by atoms with E-state index in [4.69, 9.17) is 0 Å². The Morgan fingerprint density at radius 1 is 1.40 bits per heavy atom. The second-order valence-electron chi connectivity index (χ2n) is 5.23. The SMILES string of the molecule is CCC1CCCN(S(=O)(=O)c2cnccc2NC)CC1. The molecule has 0 aromatic carbocycles. The first kappa shape index (κ1) is 15.3. The Labute approximate surface area is 121 Å². The van der Waals surface area contributed by atoms with E-state index in [0.717, 1.165) is 25.7 Å². The van der Waals surface area contributed by atoms with Gasteiger partial charge in [-0.05, 0) is 31.2 Å². The smallest absolute Gasteiger partial charge is 0.246 e. The number of aromatic nitrogens is 1. The van der Waals surface area contributed by atoms with Crippen LogP contribution in [0.25, 0.3) is 0 Å². The van der Waals surface area contributed by atoms with E-state index in [-0.39, 0.29) is 4.90 Å². The molecule has 0 aliphatic carbocycles. The molecule has 1 aromatic heterocycles. The Morgan fingerprint density at radius 3 is 2.90 bits per heavy atom. The predicted octanol–water partition coefficient (Wildman–Crippen LogP) is 2.32. The van der Waals surface area contributed by atoms with Gasteiger partial charge >= 0.3 is 0 Å². The minimum atomic E-state index is -3.45. The van der Waals surface area contributed by atoms with Crippen molar-refractivity contribution in [1.29, 1.82) is 0 Å². The monoisotopic (exact) mass is 297 g/mol. The first-order valence-corrected chi connectivity index (χ1v) is 8.65. The molecule has 1 aliphatic rings. The molecule has 0 bridgehead atoms. The highest BCUT2D eigenvalue weighted by Gasteiger charge is 2.29. The highest BCUT2D eigenvalue weighted by atomic mass is 32.2. The zero-order valence-corrected chi connectivity index (χ0v) is 13.0. The fraction of sp³-hybridized carbons (Fsp3) is 0.643. The van der Waals surface area contributed by atoms with Gasteiger partial charge in [-0.25, -0.2) is 8.42 Å². The van der Waals surface area contributed by atoms with Gasteiger partial charge in [0.25, 0.3) is 0 Å². The van der Waals surface area contributed by atoms with Crippen molar-refractivity contribution in [2.45, 2.75) is 37.5 Å². The van der Waals surface area contributed by atoms with Gasteiger partial charge in [-0.2, -0.15) is 4.31 Å². The van der Waals surface area contributed by atoms with Crippen LogP contribution in [0.2, 0.25) is 0 Å². The summed E-state index contributed by atoms with van der Waals surface area (Å²) in [6.45, 7) is 3.39. The molecule has 1 unspecified atom stereocenters. The van der Waals surface area contributed by atoms with E-state index in [9.17, 15) is 8.42 Å². The summed E-state index contributed by atoms with van der Waals surface area (Å²) >= 11 is 0. The first-order chi connectivity index (χ1) is 9.59. The van der Waals surface area contributed by atoms with E-state index in [2.05, 4.69) is 17.2 Å². The van der Waals surface area contributed by atoms with E-state index >= 15 is 0 Å². The molecule has 1 atom stereocenters. The van der Waals surface area contributed by atoms with Crippen molar-refractivity contribution in [2.24, 2.45) is 5.92 Å². The molecule has 0 saturated carbocycles. The summed E-state index contributed by atoms with van der Waals surface area (Å²) in [7, 11) is -1.73. The molecule has 112 valence electrons. The van der Waals surface area contributed by atoms with Crippen molar-refractivity contribution in [3.8, 4) is 0 Å². The Balaban J connectivity index is 2.26. The van der Waals surface area contributed by atoms with Crippen LogP contribution in [0.1, 0.15) is 32.6 Å². The normalized spacial score (nSPS) is 21.4. The average Bonchev–Trinajstić information content (AvgIpc) is 2.73. The second kappa shape index (κ2) is 6.54. The van der Waals surface area contributed by atoms with Gasteiger partial charge in [-0.3, -0.25) is 4.98 Å². The van der Waals surface area contributed by atoms with Gasteiger partial charge in [0.2, 0.25) is 10.0 Å². The predicted molar refractivity (Wildman–Crippen MR) is 80.2 cm³/mol. The fourth-order valence-electron chi connectivity index (χ4n) is 2.72. The molecule has 0 amide bonds. The van der Waals surface area contributed by atoms with E-state index in [1.165, 1.54) is 6.20 Å². The number of nitrogens with zero attached hydrogens (tertiary/aromatic N) is 2. The largest absolute Gasteiger partial charge is 0.387 e. The third-order valence-electron chi connectivity index (χ3n) is 4.06. The number of sulfonamides is 1. The van der Waals surface area contributed by atoms with Gasteiger partial charge in [-0.15, -0.1) is 0 Å². The van der Waals surface area contributed by atoms with E-state index in [1.54, 1.807) is 23.6 Å². The van der Waals surface area contributed by atoms with Gasteiger partial charge < -0.3 is 5.32 Å². The highest BCUT2D eigenvalue weighted by Crippen LogP contribution is 2.27. The molecule has 1 aliphatic heterocycles. The quantitative estimate of drug-likeness (QED) is 0.926. The summed E-state index contributed by atoms with van der Waals surface area (Å²) in [4.78, 5) is 4.24. The number of hydrogen-bond acceptors (Lipinski definition) is 4. The zero-order chi connectivity index (χ0) is 14.6. The van der Waals surface area contributed by atoms with Gasteiger partial charge in [0, 0.05) is 32.5 Å². The summed E-state index contributed by atoms with van der Waals surface area (Å²) < 4.78 is 27.1. The lowest BCUT2D eigenvalue weighted by atomic mass is 9.98. The molecule has 1 fully saturated rings. The third kappa shape index (κ3) is 3.12. The van der Waals surface area contributed by atoms with Gasteiger partial charge in [0.1, 0.15) is 4.90 Å². The van der Waals surface area contributed by atoms with Crippen molar-refractivity contribution in [3.63, 3.8) is 0 Å². The van der Waals surface area contributed by atoms with E-state index < -0.39 is 10.0 Å². The number of rotatable bonds is 4. The number of anilines is 1. The molecule has 1 N–H and O–H groups in total. The molecular formula is C14H23N3O2S. The maximum absolute atomic E-state index is 12.8. The molecule has 1 aromatic rings. The van der Waals surface area contributed by atoms with Crippen LogP contribution in [-0.2, 0) is 10.0 Å². The van der Waals surface area contributed by atoms with E-state index in [1.807, 2.05) is 0 Å². The lowest BCUT2D eigenvalue weighted by molar-refractivity contribution is 0.407. The van der Waals surface area contributed by atoms with Crippen molar-refractivity contribution in [3.05, 3.63) is 18.5 Å². The third-order valence-corrected chi connectivity index (χ3v) is 5.98. The molecule has 5 nitrogen and oxygen atoms in total. The second-order valence-corrected chi connectivity index (χ2v) is 7.14. The minimum Gasteiger partial charge on any atom is -0.387 e. The molecule has 6 heteroatoms. The Bertz CT molecular complexity index is 545. The number of hydrogen-bond donors (Lipinski definition) is 1. The van der Waals surface area contributed by atoms with Gasteiger partial charge in [0.15, 0.2) is 0 Å². The highest BCUT2D eigenvalue weighted by molar-refractivity contribution is 7.89. The van der Waals surface area contributed by atoms with Gasteiger partial charge in [0.05, 0.1) is 5.69 Å². The Kier molecular flexibility index (Phi) is 4.99. The maximum atomic E-state index is 12.8. The Morgan fingerprint density at radius 2 is 2.20 bits per heavy atom.